The molecule has 0 bridgehead atoms. The highest BCUT2D eigenvalue weighted by atomic mass is 35.5. The monoisotopic (exact) mass is 240 g/mol. The van der Waals surface area contributed by atoms with Gasteiger partial charge in [-0.15, -0.1) is 11.3 Å². The van der Waals surface area contributed by atoms with Crippen molar-refractivity contribution in [2.24, 2.45) is 0 Å². The van der Waals surface area contributed by atoms with Crippen LogP contribution in [0.4, 0.5) is 0 Å². The number of nitrogens with zero attached hydrogens (tertiary/aromatic N) is 2. The van der Waals surface area contributed by atoms with E-state index >= 15 is 0 Å². The van der Waals surface area contributed by atoms with Crippen molar-refractivity contribution >= 4 is 29.2 Å². The molecular formula is C10H9ClN2OS. The molecule has 2 aromatic heterocycles. The summed E-state index contributed by atoms with van der Waals surface area (Å²) in [6, 6.07) is 1.80. The predicted molar refractivity (Wildman–Crippen MR) is 61.3 cm³/mol. The number of carbonyl (C=O) groups is 1. The van der Waals surface area contributed by atoms with Crippen molar-refractivity contribution in [3.63, 3.8) is 0 Å². The van der Waals surface area contributed by atoms with Gasteiger partial charge in [0.1, 0.15) is 0 Å². The Labute approximate surface area is 96.3 Å². The molecule has 0 saturated heterocycles. The quantitative estimate of drug-likeness (QED) is 0.757. The Kier molecular flexibility index (Phi) is 2.63. The second-order valence-corrected chi connectivity index (χ2v) is 4.54. The van der Waals surface area contributed by atoms with Crippen molar-refractivity contribution in [3.05, 3.63) is 32.7 Å². The molecule has 0 fully saturated rings. The van der Waals surface area contributed by atoms with E-state index < -0.39 is 0 Å². The summed E-state index contributed by atoms with van der Waals surface area (Å²) < 4.78 is 1.75. The molecule has 0 amide bonds. The highest BCUT2D eigenvalue weighted by Crippen LogP contribution is 2.24. The second-order valence-electron chi connectivity index (χ2n) is 3.22. The maximum absolute atomic E-state index is 10.6. The highest BCUT2D eigenvalue weighted by molar-refractivity contribution is 7.12. The fourth-order valence-corrected chi connectivity index (χ4v) is 2.18. The highest BCUT2D eigenvalue weighted by Gasteiger charge is 2.11. The Hall–Kier alpha value is -1.13. The van der Waals surface area contributed by atoms with Crippen LogP contribution in [0.3, 0.4) is 0 Å². The molecule has 0 atom stereocenters. The summed E-state index contributed by atoms with van der Waals surface area (Å²) in [7, 11) is 0. The van der Waals surface area contributed by atoms with Gasteiger partial charge in [-0.1, -0.05) is 11.6 Å². The molecule has 0 aliphatic carbocycles. The Balaban J connectivity index is 2.53. The topological polar surface area (TPSA) is 34.9 Å². The van der Waals surface area contributed by atoms with E-state index in [1.807, 2.05) is 19.2 Å². The number of thiophene rings is 1. The first-order valence-corrected chi connectivity index (χ1v) is 5.65. The van der Waals surface area contributed by atoms with Crippen LogP contribution in [0.25, 0.3) is 5.69 Å². The molecule has 0 unspecified atom stereocenters. The first-order valence-electron chi connectivity index (χ1n) is 4.39. The minimum absolute atomic E-state index is 0.675. The molecular weight excluding hydrogens is 232 g/mol. The lowest BCUT2D eigenvalue weighted by molar-refractivity contribution is 0.112. The van der Waals surface area contributed by atoms with Crippen LogP contribution in [-0.4, -0.2) is 16.1 Å². The Morgan fingerprint density at radius 2 is 2.27 bits per heavy atom. The van der Waals surface area contributed by atoms with Crippen molar-refractivity contribution in [3.8, 4) is 5.69 Å². The number of rotatable bonds is 2. The first kappa shape index (κ1) is 10.4. The van der Waals surface area contributed by atoms with Gasteiger partial charge in [-0.3, -0.25) is 4.79 Å². The van der Waals surface area contributed by atoms with Crippen LogP contribution in [0, 0.1) is 13.8 Å². The zero-order valence-electron chi connectivity index (χ0n) is 8.32. The smallest absolute Gasteiger partial charge is 0.160 e. The van der Waals surface area contributed by atoms with Gasteiger partial charge in [0, 0.05) is 5.38 Å². The average Bonchev–Trinajstić information content (AvgIpc) is 2.79. The van der Waals surface area contributed by atoms with Crippen molar-refractivity contribution in [2.75, 3.05) is 0 Å². The third kappa shape index (κ3) is 1.70. The van der Waals surface area contributed by atoms with Crippen LogP contribution in [0.1, 0.15) is 21.1 Å². The maximum Gasteiger partial charge on any atom is 0.160 e. The summed E-state index contributed by atoms with van der Waals surface area (Å²) in [5.41, 5.74) is 2.58. The lowest BCUT2D eigenvalue weighted by Crippen LogP contribution is -1.96. The van der Waals surface area contributed by atoms with E-state index in [2.05, 4.69) is 5.10 Å². The predicted octanol–water partition coefficient (Wildman–Crippen LogP) is 3.02. The van der Waals surface area contributed by atoms with Gasteiger partial charge in [0.2, 0.25) is 0 Å². The zero-order valence-corrected chi connectivity index (χ0v) is 9.89. The molecule has 0 N–H and O–H groups in total. The van der Waals surface area contributed by atoms with Crippen molar-refractivity contribution < 1.29 is 4.79 Å². The van der Waals surface area contributed by atoms with Crippen molar-refractivity contribution in [1.29, 1.82) is 0 Å². The van der Waals surface area contributed by atoms with E-state index in [4.69, 9.17) is 11.6 Å². The number of carbonyl (C=O) groups excluding carboxylic acids is 1. The van der Waals surface area contributed by atoms with E-state index in [1.54, 1.807) is 10.7 Å². The standard InChI is InChI=1S/C10H9ClN2OS/c1-6-10(11)7(2)13(12-6)8-3-9(4-14)15-5-8/h3-5H,1-2H3. The third-order valence-corrected chi connectivity index (χ3v) is 3.56. The SMILES string of the molecule is Cc1nn(-c2csc(C=O)c2)c(C)c1Cl. The average molecular weight is 241 g/mol. The molecule has 3 nitrogen and oxygen atoms in total. The Bertz CT molecular complexity index is 515. The van der Waals surface area contributed by atoms with E-state index in [-0.39, 0.29) is 0 Å². The first-order chi connectivity index (χ1) is 7.13. The van der Waals surface area contributed by atoms with Crippen LogP contribution in [0.5, 0.6) is 0 Å². The van der Waals surface area contributed by atoms with Gasteiger partial charge in [-0.2, -0.15) is 5.10 Å². The summed E-state index contributed by atoms with van der Waals surface area (Å²) in [6.45, 7) is 3.76. The van der Waals surface area contributed by atoms with Crippen LogP contribution in [0.15, 0.2) is 11.4 Å². The Morgan fingerprint density at radius 3 is 2.73 bits per heavy atom. The van der Waals surface area contributed by atoms with Gasteiger partial charge >= 0.3 is 0 Å². The number of hydrogen-bond acceptors (Lipinski definition) is 3. The molecule has 2 aromatic rings. The summed E-state index contributed by atoms with van der Waals surface area (Å²) in [4.78, 5) is 11.3. The molecule has 0 radical (unpaired) electrons. The van der Waals surface area contributed by atoms with Crippen molar-refractivity contribution in [1.82, 2.24) is 9.78 Å². The molecule has 0 aliphatic rings. The van der Waals surface area contributed by atoms with Gasteiger partial charge in [-0.05, 0) is 19.9 Å². The van der Waals surface area contributed by atoms with Crippen LogP contribution < -0.4 is 0 Å². The van der Waals surface area contributed by atoms with Crippen LogP contribution in [-0.2, 0) is 0 Å². The van der Waals surface area contributed by atoms with Gasteiger partial charge in [0.05, 0.1) is 27.0 Å². The minimum Gasteiger partial charge on any atom is -0.297 e. The lowest BCUT2D eigenvalue weighted by atomic mass is 10.4. The second kappa shape index (κ2) is 3.79. The third-order valence-electron chi connectivity index (χ3n) is 2.17. The number of aryl methyl sites for hydroxylation is 1. The summed E-state index contributed by atoms with van der Waals surface area (Å²) in [6.07, 6.45) is 0.835. The molecule has 2 rings (SSSR count). The minimum atomic E-state index is 0.675. The van der Waals surface area contributed by atoms with Gasteiger partial charge in [0.25, 0.3) is 0 Å². The number of halogens is 1. The molecule has 5 heteroatoms. The lowest BCUT2D eigenvalue weighted by Gasteiger charge is -1.99. The van der Waals surface area contributed by atoms with Crippen molar-refractivity contribution in [2.45, 2.75) is 13.8 Å². The Morgan fingerprint density at radius 1 is 1.53 bits per heavy atom. The normalized spacial score (nSPS) is 10.6. The molecule has 0 aliphatic heterocycles. The largest absolute Gasteiger partial charge is 0.297 e. The molecule has 2 heterocycles. The van der Waals surface area contributed by atoms with Gasteiger partial charge in [-0.25, -0.2) is 4.68 Å². The van der Waals surface area contributed by atoms with Crippen LogP contribution >= 0.6 is 22.9 Å². The molecule has 78 valence electrons. The molecule has 0 spiro atoms. The maximum atomic E-state index is 10.6. The van der Waals surface area contributed by atoms with Gasteiger partial charge < -0.3 is 0 Å². The number of aldehydes is 1. The van der Waals surface area contributed by atoms with E-state index in [1.165, 1.54) is 11.3 Å². The van der Waals surface area contributed by atoms with E-state index in [0.717, 1.165) is 23.4 Å². The van der Waals surface area contributed by atoms with E-state index in [0.29, 0.717) is 9.90 Å². The fourth-order valence-electron chi connectivity index (χ4n) is 1.39. The fraction of sp³-hybridized carbons (Fsp3) is 0.200. The summed E-state index contributed by atoms with van der Waals surface area (Å²) in [5.74, 6) is 0. The summed E-state index contributed by atoms with van der Waals surface area (Å²) in [5, 5.41) is 6.87. The van der Waals surface area contributed by atoms with Gasteiger partial charge in [0.15, 0.2) is 6.29 Å². The van der Waals surface area contributed by atoms with E-state index in [9.17, 15) is 4.79 Å². The number of aromatic nitrogens is 2. The molecule has 0 aromatic carbocycles. The summed E-state index contributed by atoms with van der Waals surface area (Å²) >= 11 is 7.44. The van der Waals surface area contributed by atoms with Crippen LogP contribution in [0.2, 0.25) is 5.02 Å². The molecule has 15 heavy (non-hydrogen) atoms. The number of hydrogen-bond donors (Lipinski definition) is 0. The molecule has 0 saturated carbocycles. The zero-order chi connectivity index (χ0) is 11.0.